The van der Waals surface area contributed by atoms with Crippen LogP contribution in [-0.4, -0.2) is 38.5 Å². The van der Waals surface area contributed by atoms with Crippen LogP contribution in [0.2, 0.25) is 0 Å². The van der Waals surface area contributed by atoms with Crippen LogP contribution < -0.4 is 15.9 Å². The molecule has 0 spiro atoms. The Bertz CT molecular complexity index is 1930. The molecule has 13 heteroatoms. The number of rotatable bonds is 11. The third kappa shape index (κ3) is 7.01. The summed E-state index contributed by atoms with van der Waals surface area (Å²) >= 11 is 6.02. The van der Waals surface area contributed by atoms with Crippen LogP contribution in [0.1, 0.15) is 24.4 Å². The monoisotopic (exact) mass is 800 g/mol. The number of hydrogen-bond donors (Lipinski definition) is 0. The molecule has 258 valence electrons. The number of likely N-dealkylation sites (tertiary alicyclic amines) is 1. The van der Waals surface area contributed by atoms with Gasteiger partial charge in [-0.1, -0.05) is 96.4 Å². The normalized spacial score (nSPS) is 16.0. The van der Waals surface area contributed by atoms with Crippen LogP contribution in [0.25, 0.3) is 0 Å². The molecule has 0 saturated carbocycles. The van der Waals surface area contributed by atoms with E-state index in [9.17, 15) is 24.5 Å². The molecule has 10 nitrogen and oxygen atoms in total. The van der Waals surface area contributed by atoms with Gasteiger partial charge in [-0.15, -0.1) is 0 Å². The molecular formula is C37H30AgN2O8PS. The van der Waals surface area contributed by atoms with Gasteiger partial charge in [0.1, 0.15) is 17.8 Å². The molecule has 0 aliphatic carbocycles. The summed E-state index contributed by atoms with van der Waals surface area (Å²) in [6.45, 7) is -2.23. The molecule has 50 heavy (non-hydrogen) atoms. The van der Waals surface area contributed by atoms with Gasteiger partial charge in [0, 0.05) is 25.9 Å². The van der Waals surface area contributed by atoms with Gasteiger partial charge < -0.3 is 31.4 Å². The van der Waals surface area contributed by atoms with E-state index in [4.69, 9.17) is 26.5 Å². The largest absolute Gasteiger partial charge is 1.00 e. The maximum absolute atomic E-state index is 14.8. The Labute approximate surface area is 309 Å². The number of nitrogens with zero attached hydrogens (tertiary/aromatic N) is 2. The Morgan fingerprint density at radius 1 is 0.860 bits per heavy atom. The molecule has 3 unspecified atom stereocenters. The molecule has 1 aliphatic rings. The van der Waals surface area contributed by atoms with Crippen molar-refractivity contribution in [1.82, 2.24) is 4.90 Å². The first-order chi connectivity index (χ1) is 23.7. The van der Waals surface area contributed by atoms with E-state index in [-0.39, 0.29) is 45.9 Å². The molecule has 6 rings (SSSR count). The SMILES string of the molecule is CC(=O)OC(c1ccco1)C1C(=O)N(C(C(=O)OCc2ccc([N+](=O)[O-])cc2)=P(c2ccccc2)(c2ccccc2)c2ccccc2)C1[S-].[Ag+]. The summed E-state index contributed by atoms with van der Waals surface area (Å²) < 4.78 is 17.1. The average molecular weight is 802 g/mol. The number of hydrogen-bond acceptors (Lipinski definition) is 9. The molecular weight excluding hydrogens is 771 g/mol. The molecule has 1 fully saturated rings. The first kappa shape index (κ1) is 36.6. The minimum Gasteiger partial charge on any atom is -0.767 e. The van der Waals surface area contributed by atoms with Crippen LogP contribution in [0.3, 0.4) is 0 Å². The van der Waals surface area contributed by atoms with Crippen LogP contribution in [-0.2, 0) is 65.5 Å². The molecule has 3 atom stereocenters. The second kappa shape index (κ2) is 15.9. The van der Waals surface area contributed by atoms with Crippen molar-refractivity contribution in [2.45, 2.75) is 25.0 Å². The zero-order chi connectivity index (χ0) is 34.5. The van der Waals surface area contributed by atoms with Crippen LogP contribution >= 0.6 is 6.89 Å². The van der Waals surface area contributed by atoms with Crippen molar-refractivity contribution >= 4 is 64.4 Å². The number of esters is 2. The number of benzene rings is 4. The number of carbonyl (C=O) groups is 3. The Balaban J connectivity index is 0.00000486. The van der Waals surface area contributed by atoms with Gasteiger partial charge in [0.2, 0.25) is 5.91 Å². The quantitative estimate of drug-likeness (QED) is 0.0345. The molecule has 1 saturated heterocycles. The van der Waals surface area contributed by atoms with Crippen molar-refractivity contribution in [3.63, 3.8) is 0 Å². The smallest absolute Gasteiger partial charge is 0.767 e. The zero-order valence-corrected chi connectivity index (χ0v) is 29.7. The maximum Gasteiger partial charge on any atom is 1.00 e. The van der Waals surface area contributed by atoms with E-state index in [1.54, 1.807) is 12.1 Å². The fourth-order valence-electron chi connectivity index (χ4n) is 6.02. The molecule has 0 bridgehead atoms. The zero-order valence-electron chi connectivity index (χ0n) is 26.5. The Kier molecular flexibility index (Phi) is 11.7. The number of non-ortho nitro benzene ring substituents is 1. The number of ether oxygens (including phenoxy) is 2. The van der Waals surface area contributed by atoms with E-state index in [0.717, 1.165) is 15.9 Å². The molecule has 0 radical (unpaired) electrons. The Morgan fingerprint density at radius 2 is 1.38 bits per heavy atom. The topological polar surface area (TPSA) is 129 Å². The van der Waals surface area contributed by atoms with Crippen molar-refractivity contribution in [1.29, 1.82) is 0 Å². The summed E-state index contributed by atoms with van der Waals surface area (Å²) in [6.07, 6.45) is 0.295. The van der Waals surface area contributed by atoms with Gasteiger partial charge in [0.05, 0.1) is 17.1 Å². The molecule has 0 N–H and O–H groups in total. The predicted molar refractivity (Wildman–Crippen MR) is 188 cm³/mol. The van der Waals surface area contributed by atoms with Crippen LogP contribution in [0.4, 0.5) is 5.69 Å². The Morgan fingerprint density at radius 3 is 1.80 bits per heavy atom. The summed E-state index contributed by atoms with van der Waals surface area (Å²) in [7, 11) is 0. The van der Waals surface area contributed by atoms with E-state index in [1.807, 2.05) is 91.0 Å². The van der Waals surface area contributed by atoms with Gasteiger partial charge in [-0.3, -0.25) is 19.7 Å². The minimum atomic E-state index is -3.24. The average Bonchev–Trinajstić information content (AvgIpc) is 3.67. The number of carbonyl (C=O) groups excluding carboxylic acids is 3. The van der Waals surface area contributed by atoms with Gasteiger partial charge >= 0.3 is 34.3 Å². The maximum atomic E-state index is 14.8. The summed E-state index contributed by atoms with van der Waals surface area (Å²) in [5.74, 6) is -2.72. The number of nitro benzene ring substituents is 1. The molecule has 1 aliphatic heterocycles. The first-order valence-electron chi connectivity index (χ1n) is 15.3. The van der Waals surface area contributed by atoms with Crippen molar-refractivity contribution in [2.75, 3.05) is 0 Å². The first-order valence-corrected chi connectivity index (χ1v) is 17.5. The van der Waals surface area contributed by atoms with Crippen LogP contribution in [0.15, 0.2) is 138 Å². The standard InChI is InChI=1S/C37H31N2O8PS.Ag/c1-25(40)47-33(31-18-11-23-45-31)32-34(41)38(36(32)49)35(37(42)46-24-26-19-21-27(22-20-26)39(43)44)48(28-12-5-2-6-13-28,29-14-7-3-8-15-29)30-16-9-4-10-17-30;/h2-23,32-33,36,49H,24H2,1H3;/q;+1/p-1. The summed E-state index contributed by atoms with van der Waals surface area (Å²) in [6, 6.07) is 37.2. The Hall–Kier alpha value is -4.64. The molecule has 2 heterocycles. The molecule has 1 amide bonds. The van der Waals surface area contributed by atoms with Gasteiger partial charge in [-0.2, -0.15) is 0 Å². The van der Waals surface area contributed by atoms with Crippen molar-refractivity contribution < 1.29 is 55.6 Å². The van der Waals surface area contributed by atoms with Gasteiger partial charge in [-0.05, 0) is 45.7 Å². The van der Waals surface area contributed by atoms with Crippen LogP contribution in [0.5, 0.6) is 0 Å². The van der Waals surface area contributed by atoms with E-state index >= 15 is 0 Å². The number of β-lactam (4-membered cyclic amide) rings is 1. The van der Waals surface area contributed by atoms with Crippen molar-refractivity contribution in [3.05, 3.63) is 155 Å². The predicted octanol–water partition coefficient (Wildman–Crippen LogP) is 4.99. The fraction of sp³-hybridized carbons (Fsp3) is 0.135. The fourth-order valence-corrected chi connectivity index (χ4v) is 10.9. The molecule has 5 aromatic rings. The minimum absolute atomic E-state index is 0. The summed E-state index contributed by atoms with van der Waals surface area (Å²) in [4.78, 5) is 53.5. The summed E-state index contributed by atoms with van der Waals surface area (Å²) in [5, 5.41) is 12.5. The third-order valence-corrected chi connectivity index (χ3v) is 13.0. The second-order valence-corrected chi connectivity index (χ2v) is 15.0. The molecule has 1 aromatic heterocycles. The summed E-state index contributed by atoms with van der Waals surface area (Å²) in [5.41, 5.74) is 0.465. The number of nitro groups is 1. The number of amides is 1. The van der Waals surface area contributed by atoms with Gasteiger partial charge in [-0.25, -0.2) is 4.79 Å². The van der Waals surface area contributed by atoms with E-state index < -0.39 is 47.1 Å². The second-order valence-electron chi connectivity index (χ2n) is 11.2. The number of furan rings is 1. The van der Waals surface area contributed by atoms with Crippen LogP contribution in [0, 0.1) is 16.0 Å². The van der Waals surface area contributed by atoms with E-state index in [2.05, 4.69) is 0 Å². The van der Waals surface area contributed by atoms with Gasteiger partial charge in [0.15, 0.2) is 6.10 Å². The van der Waals surface area contributed by atoms with E-state index in [0.29, 0.717) is 5.56 Å². The van der Waals surface area contributed by atoms with Gasteiger partial charge in [0.25, 0.3) is 5.69 Å². The van der Waals surface area contributed by atoms with E-state index in [1.165, 1.54) is 42.4 Å². The third-order valence-electron chi connectivity index (χ3n) is 8.20. The van der Waals surface area contributed by atoms with Crippen molar-refractivity contribution in [2.24, 2.45) is 5.92 Å². The van der Waals surface area contributed by atoms with Crippen molar-refractivity contribution in [3.8, 4) is 0 Å². The molecule has 4 aromatic carbocycles.